The number of aromatic hydroxyl groups is 1. The van der Waals surface area contributed by atoms with Gasteiger partial charge < -0.3 is 20.3 Å². The molecule has 0 atom stereocenters. The largest absolute Gasteiger partial charge is 0.508 e. The van der Waals surface area contributed by atoms with E-state index in [0.29, 0.717) is 13.2 Å². The Balaban J connectivity index is 2.09. The summed E-state index contributed by atoms with van der Waals surface area (Å²) in [5.74, 6) is 1.86. The monoisotopic (exact) mass is 273 g/mol. The van der Waals surface area contributed by atoms with E-state index in [2.05, 4.69) is 0 Å². The standard InChI is InChI=1S/C16H19NO3/c1-19-15-6-7-16(13(10-15)8-9-17)20-11-12-2-4-14(18)5-3-12/h2-7,10,18H,8-9,11,17H2,1H3. The van der Waals surface area contributed by atoms with Crippen LogP contribution in [0.2, 0.25) is 0 Å². The van der Waals surface area contributed by atoms with Crippen LogP contribution in [0.5, 0.6) is 17.2 Å². The molecule has 4 nitrogen and oxygen atoms in total. The van der Waals surface area contributed by atoms with Gasteiger partial charge in [-0.2, -0.15) is 0 Å². The van der Waals surface area contributed by atoms with Gasteiger partial charge in [-0.05, 0) is 54.4 Å². The fourth-order valence-corrected chi connectivity index (χ4v) is 1.93. The molecular weight excluding hydrogens is 254 g/mol. The van der Waals surface area contributed by atoms with Gasteiger partial charge in [0.25, 0.3) is 0 Å². The lowest BCUT2D eigenvalue weighted by Crippen LogP contribution is -2.06. The van der Waals surface area contributed by atoms with Crippen molar-refractivity contribution in [3.63, 3.8) is 0 Å². The Bertz CT molecular complexity index is 552. The highest BCUT2D eigenvalue weighted by atomic mass is 16.5. The van der Waals surface area contributed by atoms with Crippen LogP contribution in [0.25, 0.3) is 0 Å². The highest BCUT2D eigenvalue weighted by Crippen LogP contribution is 2.25. The third kappa shape index (κ3) is 3.65. The minimum absolute atomic E-state index is 0.252. The molecule has 0 aliphatic heterocycles. The van der Waals surface area contributed by atoms with Gasteiger partial charge in [-0.3, -0.25) is 0 Å². The summed E-state index contributed by atoms with van der Waals surface area (Å²) in [7, 11) is 1.64. The van der Waals surface area contributed by atoms with Crippen molar-refractivity contribution < 1.29 is 14.6 Å². The number of phenols is 1. The Morgan fingerprint density at radius 2 is 1.85 bits per heavy atom. The minimum Gasteiger partial charge on any atom is -0.508 e. The quantitative estimate of drug-likeness (QED) is 0.848. The summed E-state index contributed by atoms with van der Waals surface area (Å²) in [5.41, 5.74) is 7.65. The predicted molar refractivity (Wildman–Crippen MR) is 78.2 cm³/mol. The normalized spacial score (nSPS) is 10.3. The van der Waals surface area contributed by atoms with E-state index in [1.54, 1.807) is 19.2 Å². The first kappa shape index (κ1) is 14.2. The highest BCUT2D eigenvalue weighted by Gasteiger charge is 2.06. The molecule has 106 valence electrons. The van der Waals surface area contributed by atoms with Gasteiger partial charge >= 0.3 is 0 Å². The third-order valence-corrected chi connectivity index (χ3v) is 3.01. The average molecular weight is 273 g/mol. The van der Waals surface area contributed by atoms with Gasteiger partial charge in [-0.25, -0.2) is 0 Å². The van der Waals surface area contributed by atoms with Crippen molar-refractivity contribution in [2.45, 2.75) is 13.0 Å². The van der Waals surface area contributed by atoms with Crippen LogP contribution < -0.4 is 15.2 Å². The van der Waals surface area contributed by atoms with Gasteiger partial charge in [0, 0.05) is 0 Å². The number of phenolic OH excluding ortho intramolecular Hbond substituents is 1. The molecule has 0 bridgehead atoms. The van der Waals surface area contributed by atoms with Crippen LogP contribution in [0.15, 0.2) is 42.5 Å². The molecule has 0 aliphatic carbocycles. The summed E-state index contributed by atoms with van der Waals surface area (Å²) in [6, 6.07) is 12.7. The number of nitrogens with two attached hydrogens (primary N) is 1. The van der Waals surface area contributed by atoms with E-state index in [0.717, 1.165) is 29.0 Å². The van der Waals surface area contributed by atoms with Crippen molar-refractivity contribution in [2.24, 2.45) is 5.73 Å². The van der Waals surface area contributed by atoms with E-state index in [4.69, 9.17) is 15.2 Å². The first-order valence-electron chi connectivity index (χ1n) is 6.50. The molecule has 2 aromatic carbocycles. The summed E-state index contributed by atoms with van der Waals surface area (Å²) in [6.45, 7) is 1.01. The van der Waals surface area contributed by atoms with E-state index < -0.39 is 0 Å². The Morgan fingerprint density at radius 3 is 2.50 bits per heavy atom. The molecule has 0 aliphatic rings. The van der Waals surface area contributed by atoms with Crippen molar-refractivity contribution >= 4 is 0 Å². The van der Waals surface area contributed by atoms with E-state index >= 15 is 0 Å². The number of hydrogen-bond acceptors (Lipinski definition) is 4. The molecule has 2 rings (SSSR count). The number of rotatable bonds is 6. The van der Waals surface area contributed by atoms with Crippen LogP contribution in [0, 0.1) is 0 Å². The molecule has 0 aromatic heterocycles. The van der Waals surface area contributed by atoms with Crippen LogP contribution in [0.4, 0.5) is 0 Å². The molecule has 0 saturated heterocycles. The molecule has 0 heterocycles. The first-order valence-corrected chi connectivity index (χ1v) is 6.50. The Labute approximate surface area is 118 Å². The summed E-state index contributed by atoms with van der Waals surface area (Å²) in [6.07, 6.45) is 0.738. The topological polar surface area (TPSA) is 64.7 Å². The molecule has 0 unspecified atom stereocenters. The summed E-state index contributed by atoms with van der Waals surface area (Å²) < 4.78 is 11.0. The van der Waals surface area contributed by atoms with Crippen molar-refractivity contribution in [1.29, 1.82) is 0 Å². The van der Waals surface area contributed by atoms with Crippen molar-refractivity contribution in [3.8, 4) is 17.2 Å². The Kier molecular flexibility index (Phi) is 4.85. The van der Waals surface area contributed by atoms with E-state index in [9.17, 15) is 5.11 Å². The summed E-state index contributed by atoms with van der Waals surface area (Å²) in [5, 5.41) is 9.25. The Morgan fingerprint density at radius 1 is 1.10 bits per heavy atom. The van der Waals surface area contributed by atoms with Crippen molar-refractivity contribution in [3.05, 3.63) is 53.6 Å². The summed E-state index contributed by atoms with van der Waals surface area (Å²) in [4.78, 5) is 0. The summed E-state index contributed by atoms with van der Waals surface area (Å²) >= 11 is 0. The number of benzene rings is 2. The lowest BCUT2D eigenvalue weighted by molar-refractivity contribution is 0.302. The predicted octanol–water partition coefficient (Wildman–Crippen LogP) is 2.48. The molecular formula is C16H19NO3. The smallest absolute Gasteiger partial charge is 0.123 e. The van der Waals surface area contributed by atoms with E-state index in [-0.39, 0.29) is 5.75 Å². The third-order valence-electron chi connectivity index (χ3n) is 3.01. The molecule has 0 amide bonds. The second-order valence-electron chi connectivity index (χ2n) is 4.47. The second kappa shape index (κ2) is 6.82. The SMILES string of the molecule is COc1ccc(OCc2ccc(O)cc2)c(CCN)c1. The molecule has 0 fully saturated rings. The lowest BCUT2D eigenvalue weighted by atomic mass is 10.1. The fourth-order valence-electron chi connectivity index (χ4n) is 1.93. The van der Waals surface area contributed by atoms with Crippen LogP contribution in [0.3, 0.4) is 0 Å². The molecule has 4 heteroatoms. The van der Waals surface area contributed by atoms with Gasteiger partial charge in [-0.1, -0.05) is 12.1 Å². The van der Waals surface area contributed by atoms with E-state index in [1.165, 1.54) is 0 Å². The van der Waals surface area contributed by atoms with Gasteiger partial charge in [0.05, 0.1) is 7.11 Å². The highest BCUT2D eigenvalue weighted by molar-refractivity contribution is 5.40. The number of methoxy groups -OCH3 is 1. The molecule has 0 radical (unpaired) electrons. The van der Waals surface area contributed by atoms with Crippen LogP contribution >= 0.6 is 0 Å². The molecule has 3 N–H and O–H groups in total. The van der Waals surface area contributed by atoms with Crippen LogP contribution in [-0.2, 0) is 13.0 Å². The molecule has 0 spiro atoms. The van der Waals surface area contributed by atoms with Crippen molar-refractivity contribution in [1.82, 2.24) is 0 Å². The zero-order valence-corrected chi connectivity index (χ0v) is 11.5. The first-order chi connectivity index (χ1) is 9.72. The maximum absolute atomic E-state index is 9.25. The zero-order chi connectivity index (χ0) is 14.4. The van der Waals surface area contributed by atoms with Crippen LogP contribution in [0.1, 0.15) is 11.1 Å². The van der Waals surface area contributed by atoms with Gasteiger partial charge in [0.2, 0.25) is 0 Å². The van der Waals surface area contributed by atoms with Crippen molar-refractivity contribution in [2.75, 3.05) is 13.7 Å². The second-order valence-corrected chi connectivity index (χ2v) is 4.47. The van der Waals surface area contributed by atoms with Gasteiger partial charge in [0.1, 0.15) is 23.9 Å². The molecule has 2 aromatic rings. The maximum atomic E-state index is 9.25. The van der Waals surface area contributed by atoms with Crippen LogP contribution in [-0.4, -0.2) is 18.8 Å². The molecule has 20 heavy (non-hydrogen) atoms. The molecule has 0 saturated carbocycles. The zero-order valence-electron chi connectivity index (χ0n) is 11.5. The van der Waals surface area contributed by atoms with Gasteiger partial charge in [-0.15, -0.1) is 0 Å². The number of ether oxygens (including phenoxy) is 2. The lowest BCUT2D eigenvalue weighted by Gasteiger charge is -2.12. The maximum Gasteiger partial charge on any atom is 0.123 e. The average Bonchev–Trinajstić information content (AvgIpc) is 2.48. The Hall–Kier alpha value is -2.20. The van der Waals surface area contributed by atoms with E-state index in [1.807, 2.05) is 30.3 Å². The van der Waals surface area contributed by atoms with Gasteiger partial charge in [0.15, 0.2) is 0 Å². The number of hydrogen-bond donors (Lipinski definition) is 2. The fraction of sp³-hybridized carbons (Fsp3) is 0.250. The minimum atomic E-state index is 0.252.